The lowest BCUT2D eigenvalue weighted by atomic mass is 10.4. The molecule has 1 atom stereocenters. The highest BCUT2D eigenvalue weighted by Gasteiger charge is 2.15. The van der Waals surface area contributed by atoms with Crippen molar-refractivity contribution in [3.8, 4) is 0 Å². The number of likely N-dealkylation sites (tertiary alicyclic amines) is 1. The largest absolute Gasteiger partial charge is 0.446 e. The number of amides is 1. The van der Waals surface area contributed by atoms with E-state index >= 15 is 0 Å². The van der Waals surface area contributed by atoms with Crippen molar-refractivity contribution in [2.45, 2.75) is 25.8 Å². The molecule has 0 aromatic carbocycles. The Morgan fingerprint density at radius 2 is 2.33 bits per heavy atom. The number of carbonyl (C=O) groups excluding carboxylic acids is 1. The first-order valence-corrected chi connectivity index (χ1v) is 6.38. The van der Waals surface area contributed by atoms with Crippen LogP contribution in [0.5, 0.6) is 0 Å². The topological polar surface area (TPSA) is 84.4 Å². The fraction of sp³-hybridized carbons (Fsp3) is 0.667. The third-order valence-electron chi connectivity index (χ3n) is 3.06. The average Bonchev–Trinajstić information content (AvgIpc) is 2.99. The smallest absolute Gasteiger partial charge is 0.273 e. The number of rotatable bonds is 5. The second-order valence-electron chi connectivity index (χ2n) is 4.66. The Morgan fingerprint density at radius 1 is 1.61 bits per heavy atom. The van der Waals surface area contributed by atoms with Gasteiger partial charge in [-0.25, -0.2) is 4.98 Å². The predicted octanol–water partition coefficient (Wildman–Crippen LogP) is 0.520. The number of hydrogen-bond donors (Lipinski definition) is 2. The van der Waals surface area contributed by atoms with Crippen molar-refractivity contribution in [3.05, 3.63) is 17.8 Å². The van der Waals surface area contributed by atoms with Gasteiger partial charge in [-0.2, -0.15) is 0 Å². The van der Waals surface area contributed by atoms with E-state index in [2.05, 4.69) is 15.2 Å². The molecule has 100 valence electrons. The molecule has 0 saturated carbocycles. The summed E-state index contributed by atoms with van der Waals surface area (Å²) in [7, 11) is 0. The van der Waals surface area contributed by atoms with E-state index in [4.69, 9.17) is 10.2 Å². The Hall–Kier alpha value is -1.40. The zero-order valence-electron chi connectivity index (χ0n) is 10.7. The zero-order valence-corrected chi connectivity index (χ0v) is 10.7. The lowest BCUT2D eigenvalue weighted by Crippen LogP contribution is -2.33. The fourth-order valence-corrected chi connectivity index (χ4v) is 2.03. The van der Waals surface area contributed by atoms with Gasteiger partial charge in [-0.3, -0.25) is 4.79 Å². The van der Waals surface area contributed by atoms with E-state index in [9.17, 15) is 4.79 Å². The summed E-state index contributed by atoms with van der Waals surface area (Å²) in [5, 5.41) is 2.83. The maximum absolute atomic E-state index is 11.8. The molecule has 18 heavy (non-hydrogen) atoms. The van der Waals surface area contributed by atoms with E-state index in [0.29, 0.717) is 18.1 Å². The molecule has 1 unspecified atom stereocenters. The van der Waals surface area contributed by atoms with Crippen molar-refractivity contribution >= 4 is 5.91 Å². The van der Waals surface area contributed by atoms with Gasteiger partial charge in [0.15, 0.2) is 5.69 Å². The summed E-state index contributed by atoms with van der Waals surface area (Å²) in [5.74, 6) is 0.185. The molecular weight excluding hydrogens is 232 g/mol. The highest BCUT2D eigenvalue weighted by molar-refractivity contribution is 5.91. The number of aromatic nitrogens is 1. The van der Waals surface area contributed by atoms with Crippen molar-refractivity contribution in [1.29, 1.82) is 0 Å². The molecule has 1 aliphatic heterocycles. The number of nitrogens with two attached hydrogens (primary N) is 1. The third kappa shape index (κ3) is 3.30. The minimum absolute atomic E-state index is 0.204. The molecule has 1 aromatic heterocycles. The van der Waals surface area contributed by atoms with Gasteiger partial charge in [-0.05, 0) is 32.9 Å². The molecule has 6 nitrogen and oxygen atoms in total. The molecule has 0 bridgehead atoms. The summed E-state index contributed by atoms with van der Waals surface area (Å²) in [6.07, 6.45) is 3.87. The summed E-state index contributed by atoms with van der Waals surface area (Å²) >= 11 is 0. The van der Waals surface area contributed by atoms with Gasteiger partial charge in [-0.1, -0.05) is 0 Å². The van der Waals surface area contributed by atoms with Crippen LogP contribution in [0.25, 0.3) is 0 Å². The average molecular weight is 252 g/mol. The Morgan fingerprint density at radius 3 is 2.94 bits per heavy atom. The van der Waals surface area contributed by atoms with Crippen LogP contribution in [0.3, 0.4) is 0 Å². The van der Waals surface area contributed by atoms with Gasteiger partial charge in [-0.15, -0.1) is 0 Å². The quantitative estimate of drug-likeness (QED) is 0.798. The molecule has 2 rings (SSSR count). The minimum Gasteiger partial charge on any atom is -0.446 e. The lowest BCUT2D eigenvalue weighted by molar-refractivity contribution is 0.0944. The first-order chi connectivity index (χ1) is 8.66. The predicted molar refractivity (Wildman–Crippen MR) is 67.1 cm³/mol. The molecule has 0 radical (unpaired) electrons. The van der Waals surface area contributed by atoms with Gasteiger partial charge in [0.1, 0.15) is 6.26 Å². The normalized spacial score (nSPS) is 17.9. The third-order valence-corrected chi connectivity index (χ3v) is 3.06. The second-order valence-corrected chi connectivity index (χ2v) is 4.66. The van der Waals surface area contributed by atoms with E-state index in [-0.39, 0.29) is 11.9 Å². The Kier molecular flexibility index (Phi) is 4.33. The Labute approximate surface area is 107 Å². The summed E-state index contributed by atoms with van der Waals surface area (Å²) < 4.78 is 5.12. The zero-order chi connectivity index (χ0) is 13.0. The van der Waals surface area contributed by atoms with Crippen LogP contribution in [0.15, 0.2) is 10.7 Å². The van der Waals surface area contributed by atoms with Crippen LogP contribution in [0.4, 0.5) is 0 Å². The molecule has 0 spiro atoms. The summed E-state index contributed by atoms with van der Waals surface area (Å²) in [4.78, 5) is 18.1. The molecular formula is C12H20N4O2. The molecule has 1 aromatic rings. The van der Waals surface area contributed by atoms with Crippen molar-refractivity contribution in [1.82, 2.24) is 15.2 Å². The highest BCUT2D eigenvalue weighted by Crippen LogP contribution is 2.09. The van der Waals surface area contributed by atoms with Crippen LogP contribution < -0.4 is 11.1 Å². The van der Waals surface area contributed by atoms with Crippen molar-refractivity contribution in [3.63, 3.8) is 0 Å². The lowest BCUT2D eigenvalue weighted by Gasteiger charge is -2.14. The van der Waals surface area contributed by atoms with Crippen molar-refractivity contribution < 1.29 is 9.21 Å². The van der Waals surface area contributed by atoms with Gasteiger partial charge in [0.25, 0.3) is 5.91 Å². The van der Waals surface area contributed by atoms with E-state index in [0.717, 1.165) is 19.6 Å². The molecule has 2 heterocycles. The highest BCUT2D eigenvalue weighted by atomic mass is 16.3. The van der Waals surface area contributed by atoms with Crippen molar-refractivity contribution in [2.24, 2.45) is 5.73 Å². The SMILES string of the molecule is CC(N)c1nc(C(=O)NCCN2CCCC2)co1. The van der Waals surface area contributed by atoms with Gasteiger partial charge in [0.05, 0.1) is 6.04 Å². The number of nitrogens with one attached hydrogen (secondary N) is 1. The van der Waals surface area contributed by atoms with Gasteiger partial charge >= 0.3 is 0 Å². The van der Waals surface area contributed by atoms with Crippen LogP contribution >= 0.6 is 0 Å². The van der Waals surface area contributed by atoms with E-state index in [1.54, 1.807) is 6.92 Å². The maximum atomic E-state index is 11.8. The van der Waals surface area contributed by atoms with Crippen LogP contribution in [0.2, 0.25) is 0 Å². The fourth-order valence-electron chi connectivity index (χ4n) is 2.03. The van der Waals surface area contributed by atoms with Crippen molar-refractivity contribution in [2.75, 3.05) is 26.2 Å². The first-order valence-electron chi connectivity index (χ1n) is 6.38. The van der Waals surface area contributed by atoms with Crippen LogP contribution in [0, 0.1) is 0 Å². The first kappa shape index (κ1) is 13.0. The van der Waals surface area contributed by atoms with E-state index in [1.807, 2.05) is 0 Å². The molecule has 1 amide bonds. The molecule has 0 aliphatic carbocycles. The molecule has 6 heteroatoms. The van der Waals surface area contributed by atoms with Crippen LogP contribution in [0.1, 0.15) is 42.2 Å². The Bertz CT molecular complexity index is 397. The maximum Gasteiger partial charge on any atom is 0.273 e. The van der Waals surface area contributed by atoms with Gasteiger partial charge < -0.3 is 20.4 Å². The van der Waals surface area contributed by atoms with E-state index in [1.165, 1.54) is 19.1 Å². The number of oxazole rings is 1. The molecule has 1 fully saturated rings. The molecule has 3 N–H and O–H groups in total. The standard InChI is InChI=1S/C12H20N4O2/c1-9(13)12-15-10(8-18-12)11(17)14-4-7-16-5-2-3-6-16/h8-9H,2-7,13H2,1H3,(H,14,17). The van der Waals surface area contributed by atoms with Gasteiger partial charge in [0.2, 0.25) is 5.89 Å². The second kappa shape index (κ2) is 5.97. The van der Waals surface area contributed by atoms with Crippen LogP contribution in [-0.2, 0) is 0 Å². The Balaban J connectivity index is 1.76. The monoisotopic (exact) mass is 252 g/mol. The number of carbonyl (C=O) groups is 1. The molecule has 1 aliphatic rings. The summed E-state index contributed by atoms with van der Waals surface area (Å²) in [6, 6.07) is -0.295. The minimum atomic E-state index is -0.295. The number of nitrogens with zero attached hydrogens (tertiary/aromatic N) is 2. The summed E-state index contributed by atoms with van der Waals surface area (Å²) in [6.45, 7) is 5.56. The van der Waals surface area contributed by atoms with Crippen LogP contribution in [-0.4, -0.2) is 42.0 Å². The van der Waals surface area contributed by atoms with E-state index < -0.39 is 0 Å². The van der Waals surface area contributed by atoms with Gasteiger partial charge in [0, 0.05) is 13.1 Å². The molecule has 1 saturated heterocycles. The summed E-state index contributed by atoms with van der Waals surface area (Å²) in [5.41, 5.74) is 5.91. The number of hydrogen-bond acceptors (Lipinski definition) is 5.